The zero-order chi connectivity index (χ0) is 29.3. The largest absolute Gasteiger partial charge is 0.619 e. The minimum absolute atomic E-state index is 0.0748. The van der Waals surface area contributed by atoms with Gasteiger partial charge in [0.1, 0.15) is 17.0 Å². The minimum Gasteiger partial charge on any atom is -0.619 e. The van der Waals surface area contributed by atoms with Crippen molar-refractivity contribution < 1.29 is 27.5 Å². The number of nitrogens with zero attached hydrogens (tertiary/aromatic N) is 4. The summed E-state index contributed by atoms with van der Waals surface area (Å²) in [6.07, 6.45) is 2.77. The molecule has 13 heteroatoms. The fourth-order valence-electron chi connectivity index (χ4n) is 5.94. The molecule has 3 aliphatic heterocycles. The molecule has 4 heterocycles. The zero-order valence-electron chi connectivity index (χ0n) is 23.2. The molecule has 12 nitrogen and oxygen atoms in total. The van der Waals surface area contributed by atoms with Crippen LogP contribution in [0.15, 0.2) is 53.7 Å². The number of hydrogen-bond acceptors (Lipinski definition) is 8. The Labute approximate surface area is 239 Å². The zero-order valence-corrected chi connectivity index (χ0v) is 24.0. The number of anilines is 1. The van der Waals surface area contributed by atoms with Crippen LogP contribution in [0.2, 0.25) is 0 Å². The number of benzene rings is 1. The highest BCUT2D eigenvalue weighted by Gasteiger charge is 2.54. The van der Waals surface area contributed by atoms with Crippen molar-refractivity contribution in [3.05, 3.63) is 59.6 Å². The van der Waals surface area contributed by atoms with E-state index >= 15 is 0 Å². The van der Waals surface area contributed by atoms with Gasteiger partial charge in [-0.15, -0.1) is 0 Å². The predicted octanol–water partition coefficient (Wildman–Crippen LogP) is 0.117. The molecule has 3 fully saturated rings. The summed E-state index contributed by atoms with van der Waals surface area (Å²) >= 11 is 0. The molecule has 220 valence electrons. The Balaban J connectivity index is 1.31. The summed E-state index contributed by atoms with van der Waals surface area (Å²) in [5, 5.41) is 17.9. The van der Waals surface area contributed by atoms with Crippen molar-refractivity contribution >= 4 is 33.3 Å². The lowest BCUT2D eigenvalue weighted by molar-refractivity contribution is -0.607. The highest BCUT2D eigenvalue weighted by Crippen LogP contribution is 2.34. The smallest absolute Gasteiger partial charge is 0.251 e. The van der Waals surface area contributed by atoms with Gasteiger partial charge in [0.15, 0.2) is 18.2 Å². The number of ketones is 1. The molecule has 3 aliphatic rings. The highest BCUT2D eigenvalue weighted by molar-refractivity contribution is 7.89. The van der Waals surface area contributed by atoms with E-state index in [1.54, 1.807) is 12.1 Å². The van der Waals surface area contributed by atoms with Crippen LogP contribution in [0.1, 0.15) is 37.0 Å². The van der Waals surface area contributed by atoms with Crippen LogP contribution >= 0.6 is 0 Å². The molecule has 3 saturated heterocycles. The number of likely N-dealkylation sites (tertiary alicyclic amines) is 1. The Kier molecular flexibility index (Phi) is 8.30. The van der Waals surface area contributed by atoms with Crippen LogP contribution in [-0.2, 0) is 19.6 Å². The molecule has 0 radical (unpaired) electrons. The molecule has 2 amide bonds. The highest BCUT2D eigenvalue weighted by atomic mass is 32.2. The summed E-state index contributed by atoms with van der Waals surface area (Å²) < 4.78 is 28.1. The first-order valence-corrected chi connectivity index (χ1v) is 15.4. The third kappa shape index (κ3) is 5.92. The van der Waals surface area contributed by atoms with E-state index in [0.29, 0.717) is 16.7 Å². The maximum Gasteiger partial charge on any atom is 0.251 e. The molecule has 0 aliphatic carbocycles. The number of carbonyl (C=O) groups excluding carboxylic acids is 3. The maximum atomic E-state index is 13.8. The Morgan fingerprint density at radius 3 is 2.49 bits per heavy atom. The lowest BCUT2D eigenvalue weighted by Gasteiger charge is -2.30. The molecule has 3 unspecified atom stereocenters. The average Bonchev–Trinajstić information content (AvgIpc) is 3.54. The van der Waals surface area contributed by atoms with E-state index in [2.05, 4.69) is 15.5 Å². The van der Waals surface area contributed by atoms with Crippen molar-refractivity contribution in [2.45, 2.75) is 49.7 Å². The van der Waals surface area contributed by atoms with Gasteiger partial charge in [-0.25, -0.2) is 8.42 Å². The van der Waals surface area contributed by atoms with Crippen molar-refractivity contribution in [3.8, 4) is 0 Å². The molecule has 2 N–H and O–H groups in total. The number of nitrogens with one attached hydrogen (secondary N) is 2. The number of piperazine rings is 1. The first-order valence-electron chi connectivity index (χ1n) is 14.0. The Morgan fingerprint density at radius 2 is 1.83 bits per heavy atom. The minimum atomic E-state index is -4.13. The molecule has 0 spiro atoms. The number of aromatic nitrogens is 1. The third-order valence-corrected chi connectivity index (χ3v) is 9.79. The summed E-state index contributed by atoms with van der Waals surface area (Å²) in [6, 6.07) is 7.38. The predicted molar refractivity (Wildman–Crippen MR) is 150 cm³/mol. The molecular formula is C28H36N6O6S. The number of sulfonamides is 1. The molecule has 1 aromatic carbocycles. The fraction of sp³-hybridized carbons (Fsp3) is 0.500. The number of fused-ring (bicyclic) bond motifs is 1. The van der Waals surface area contributed by atoms with Gasteiger partial charge in [-0.05, 0) is 49.1 Å². The van der Waals surface area contributed by atoms with Gasteiger partial charge in [0.05, 0.1) is 12.6 Å². The quantitative estimate of drug-likeness (QED) is 0.329. The summed E-state index contributed by atoms with van der Waals surface area (Å²) in [6.45, 7) is 7.27. The van der Waals surface area contributed by atoms with E-state index in [-0.39, 0.29) is 42.0 Å². The molecule has 41 heavy (non-hydrogen) atoms. The van der Waals surface area contributed by atoms with Crippen molar-refractivity contribution in [2.75, 3.05) is 44.2 Å². The third-order valence-electron chi connectivity index (χ3n) is 7.94. The lowest BCUT2D eigenvalue weighted by Crippen LogP contribution is -2.53. The summed E-state index contributed by atoms with van der Waals surface area (Å²) in [5.74, 6) is -1.09. The van der Waals surface area contributed by atoms with Crippen LogP contribution in [0.25, 0.3) is 0 Å². The van der Waals surface area contributed by atoms with Crippen LogP contribution in [-0.4, -0.2) is 92.6 Å². The molecule has 0 bridgehead atoms. The van der Waals surface area contributed by atoms with Gasteiger partial charge in [0.2, 0.25) is 15.9 Å². The van der Waals surface area contributed by atoms with E-state index in [1.807, 2.05) is 26.0 Å². The normalized spacial score (nSPS) is 22.2. The van der Waals surface area contributed by atoms with Gasteiger partial charge in [-0.1, -0.05) is 13.8 Å². The SMILES string of the molecule is CC(C)CC(NC(=O)c1ccc(N2CCNCC2)cc1)C(=O)N1CCC2C1C(=O)CN2S(=O)(=O)c1ccc[n+]([O-])c1. The number of Topliss-reactive ketones (excluding diaryl/α,β-unsaturated/α-hetero) is 1. The fourth-order valence-corrected chi connectivity index (χ4v) is 7.58. The van der Waals surface area contributed by atoms with Gasteiger partial charge in [-0.3, -0.25) is 14.4 Å². The maximum absolute atomic E-state index is 13.8. The van der Waals surface area contributed by atoms with Crippen molar-refractivity contribution in [1.29, 1.82) is 0 Å². The molecule has 2 aromatic rings. The van der Waals surface area contributed by atoms with Crippen molar-refractivity contribution in [3.63, 3.8) is 0 Å². The van der Waals surface area contributed by atoms with Crippen LogP contribution in [0.3, 0.4) is 0 Å². The topological polar surface area (TPSA) is 146 Å². The molecule has 5 rings (SSSR count). The van der Waals surface area contributed by atoms with E-state index in [1.165, 1.54) is 23.2 Å². The first-order chi connectivity index (χ1) is 19.6. The van der Waals surface area contributed by atoms with Gasteiger partial charge >= 0.3 is 0 Å². The number of rotatable bonds is 8. The van der Waals surface area contributed by atoms with Crippen LogP contribution in [0.5, 0.6) is 0 Å². The van der Waals surface area contributed by atoms with Crippen LogP contribution in [0, 0.1) is 11.1 Å². The Morgan fingerprint density at radius 1 is 1.12 bits per heavy atom. The van der Waals surface area contributed by atoms with Gasteiger partial charge in [-0.2, -0.15) is 9.04 Å². The number of carbonyl (C=O) groups is 3. The molecule has 3 atom stereocenters. The van der Waals surface area contributed by atoms with E-state index < -0.39 is 34.1 Å². The Bertz CT molecular complexity index is 1410. The summed E-state index contributed by atoms with van der Waals surface area (Å²) in [4.78, 5) is 43.6. The number of amides is 2. The van der Waals surface area contributed by atoms with Crippen LogP contribution < -0.4 is 20.3 Å². The number of hydrogen-bond donors (Lipinski definition) is 2. The summed E-state index contributed by atoms with van der Waals surface area (Å²) in [7, 11) is -4.13. The van der Waals surface area contributed by atoms with E-state index in [9.17, 15) is 28.0 Å². The molecule has 0 saturated carbocycles. The molecule has 1 aromatic heterocycles. The van der Waals surface area contributed by atoms with E-state index in [0.717, 1.165) is 42.4 Å². The second kappa shape index (κ2) is 11.7. The van der Waals surface area contributed by atoms with Gasteiger partial charge in [0.25, 0.3) is 5.91 Å². The monoisotopic (exact) mass is 584 g/mol. The second-order valence-electron chi connectivity index (χ2n) is 11.2. The summed E-state index contributed by atoms with van der Waals surface area (Å²) in [5.41, 5.74) is 1.46. The van der Waals surface area contributed by atoms with Gasteiger partial charge < -0.3 is 25.6 Å². The standard InChI is InChI=1S/C28H36N6O6S/c1-19(2)16-23(30-27(36)20-5-7-21(8-6-20)31-14-10-29-11-15-31)28(37)33-13-9-24-26(33)25(35)18-34(24)41(39,40)22-4-3-12-32(38)17-22/h3-8,12,17,19,23-24,26,29H,9-11,13-16,18H2,1-2H3,(H,30,36). The Hall–Kier alpha value is -3.55. The lowest BCUT2D eigenvalue weighted by atomic mass is 10.0. The molecular weight excluding hydrogens is 548 g/mol. The van der Waals surface area contributed by atoms with Crippen molar-refractivity contribution in [1.82, 2.24) is 19.8 Å². The van der Waals surface area contributed by atoms with Crippen molar-refractivity contribution in [2.24, 2.45) is 5.92 Å². The van der Waals surface area contributed by atoms with Gasteiger partial charge in [0, 0.05) is 50.0 Å². The average molecular weight is 585 g/mol. The number of pyridine rings is 1. The first kappa shape index (κ1) is 29.0. The van der Waals surface area contributed by atoms with E-state index in [4.69, 9.17) is 0 Å². The second-order valence-corrected chi connectivity index (χ2v) is 13.1. The van der Waals surface area contributed by atoms with Crippen LogP contribution in [0.4, 0.5) is 5.69 Å².